The highest BCUT2D eigenvalue weighted by molar-refractivity contribution is 5.77. The Morgan fingerprint density at radius 3 is 2.18 bits per heavy atom. The summed E-state index contributed by atoms with van der Waals surface area (Å²) in [4.78, 5) is 18.1. The molecule has 0 spiro atoms. The van der Waals surface area contributed by atoms with E-state index >= 15 is 0 Å². The van der Waals surface area contributed by atoms with Gasteiger partial charge in [0.15, 0.2) is 0 Å². The topological polar surface area (TPSA) is 46.9 Å². The van der Waals surface area contributed by atoms with Crippen molar-refractivity contribution in [1.82, 2.24) is 14.9 Å². The Labute approximate surface area is 164 Å². The van der Waals surface area contributed by atoms with E-state index in [0.29, 0.717) is 11.9 Å². The Bertz CT molecular complexity index is 1120. The zero-order valence-electron chi connectivity index (χ0n) is 15.9. The van der Waals surface area contributed by atoms with Crippen LogP contribution in [-0.4, -0.2) is 9.55 Å². The van der Waals surface area contributed by atoms with Gasteiger partial charge >= 0.3 is 0 Å². The summed E-state index contributed by atoms with van der Waals surface area (Å²) in [5.41, 5.74) is 3.02. The van der Waals surface area contributed by atoms with Crippen LogP contribution in [0.5, 0.6) is 0 Å². The maximum absolute atomic E-state index is 13.2. The first-order chi connectivity index (χ1) is 13.7. The maximum Gasteiger partial charge on any atom is 0.261 e. The van der Waals surface area contributed by atoms with Crippen LogP contribution in [0, 0.1) is 0 Å². The van der Waals surface area contributed by atoms with E-state index in [0.717, 1.165) is 23.4 Å². The summed E-state index contributed by atoms with van der Waals surface area (Å²) in [5.74, 6) is 0.753. The molecule has 1 N–H and O–H groups in total. The van der Waals surface area contributed by atoms with E-state index in [2.05, 4.69) is 24.4 Å². The third kappa shape index (κ3) is 3.87. The Hall–Kier alpha value is -3.24. The van der Waals surface area contributed by atoms with Crippen molar-refractivity contribution in [3.63, 3.8) is 0 Å². The number of para-hydroxylation sites is 1. The zero-order valence-corrected chi connectivity index (χ0v) is 15.9. The lowest BCUT2D eigenvalue weighted by atomic mass is 10.1. The molecule has 28 heavy (non-hydrogen) atoms. The highest BCUT2D eigenvalue weighted by Crippen LogP contribution is 2.16. The zero-order chi connectivity index (χ0) is 19.3. The standard InChI is InChI=1S/C24H23N3O/c1-18(25-16-19-10-4-2-5-11-19)23-26-22-15-9-8-14-21(22)24(28)27(23)17-20-12-6-3-7-13-20/h2-15,18,25H,16-17H2,1H3. The SMILES string of the molecule is CC(NCc1ccccc1)c1nc2ccccc2c(=O)n1Cc1ccccc1. The van der Waals surface area contributed by atoms with Crippen molar-refractivity contribution in [2.75, 3.05) is 0 Å². The fourth-order valence-corrected chi connectivity index (χ4v) is 3.39. The summed E-state index contributed by atoms with van der Waals surface area (Å²) >= 11 is 0. The smallest absolute Gasteiger partial charge is 0.261 e. The summed E-state index contributed by atoms with van der Waals surface area (Å²) in [6.45, 7) is 3.28. The molecule has 1 unspecified atom stereocenters. The minimum absolute atomic E-state index is 0.00202. The van der Waals surface area contributed by atoms with Crippen LogP contribution in [0.2, 0.25) is 0 Å². The van der Waals surface area contributed by atoms with E-state index in [4.69, 9.17) is 4.98 Å². The van der Waals surface area contributed by atoms with Crippen LogP contribution in [0.15, 0.2) is 89.7 Å². The molecule has 1 heterocycles. The van der Waals surface area contributed by atoms with E-state index in [1.54, 1.807) is 4.57 Å². The minimum atomic E-state index is -0.0683. The van der Waals surface area contributed by atoms with Gasteiger partial charge < -0.3 is 5.32 Å². The molecule has 0 aliphatic carbocycles. The molecule has 4 heteroatoms. The molecule has 0 amide bonds. The largest absolute Gasteiger partial charge is 0.303 e. The number of benzene rings is 3. The molecule has 0 aliphatic rings. The summed E-state index contributed by atoms with van der Waals surface area (Å²) in [7, 11) is 0. The van der Waals surface area contributed by atoms with Crippen molar-refractivity contribution < 1.29 is 0 Å². The van der Waals surface area contributed by atoms with Gasteiger partial charge in [0.25, 0.3) is 5.56 Å². The van der Waals surface area contributed by atoms with Crippen LogP contribution in [-0.2, 0) is 13.1 Å². The summed E-state index contributed by atoms with van der Waals surface area (Å²) in [6, 6.07) is 27.8. The first-order valence-electron chi connectivity index (χ1n) is 9.53. The second kappa shape index (κ2) is 8.19. The van der Waals surface area contributed by atoms with Crippen molar-refractivity contribution in [2.24, 2.45) is 0 Å². The Kier molecular flexibility index (Phi) is 5.31. The lowest BCUT2D eigenvalue weighted by Crippen LogP contribution is -2.31. The van der Waals surface area contributed by atoms with Crippen molar-refractivity contribution in [2.45, 2.75) is 26.1 Å². The quantitative estimate of drug-likeness (QED) is 0.551. The highest BCUT2D eigenvalue weighted by atomic mass is 16.1. The predicted molar refractivity (Wildman–Crippen MR) is 113 cm³/mol. The van der Waals surface area contributed by atoms with Gasteiger partial charge in [-0.25, -0.2) is 4.98 Å². The molecule has 0 aliphatic heterocycles. The maximum atomic E-state index is 13.2. The predicted octanol–water partition coefficient (Wildman–Crippen LogP) is 4.30. The summed E-state index contributed by atoms with van der Waals surface area (Å²) in [6.07, 6.45) is 0. The Morgan fingerprint density at radius 1 is 0.857 bits per heavy atom. The molecule has 1 aromatic heterocycles. The van der Waals surface area contributed by atoms with Gasteiger partial charge in [0, 0.05) is 6.54 Å². The number of fused-ring (bicyclic) bond motifs is 1. The molecule has 0 fully saturated rings. The molecule has 1 atom stereocenters. The first-order valence-corrected chi connectivity index (χ1v) is 9.53. The fourth-order valence-electron chi connectivity index (χ4n) is 3.39. The molecule has 4 nitrogen and oxygen atoms in total. The van der Waals surface area contributed by atoms with E-state index in [9.17, 15) is 4.79 Å². The van der Waals surface area contributed by atoms with Crippen LogP contribution in [0.25, 0.3) is 10.9 Å². The van der Waals surface area contributed by atoms with Gasteiger partial charge in [0.05, 0.1) is 23.5 Å². The third-order valence-corrected chi connectivity index (χ3v) is 4.92. The van der Waals surface area contributed by atoms with E-state index < -0.39 is 0 Å². The minimum Gasteiger partial charge on any atom is -0.303 e. The average Bonchev–Trinajstić information content (AvgIpc) is 2.75. The van der Waals surface area contributed by atoms with E-state index in [1.807, 2.05) is 72.8 Å². The van der Waals surface area contributed by atoms with Gasteiger partial charge in [-0.2, -0.15) is 0 Å². The van der Waals surface area contributed by atoms with Crippen molar-refractivity contribution in [3.8, 4) is 0 Å². The van der Waals surface area contributed by atoms with Crippen LogP contribution in [0.3, 0.4) is 0 Å². The normalized spacial score (nSPS) is 12.2. The molecule has 0 radical (unpaired) electrons. The second-order valence-corrected chi connectivity index (χ2v) is 6.95. The van der Waals surface area contributed by atoms with E-state index in [1.165, 1.54) is 5.56 Å². The lowest BCUT2D eigenvalue weighted by Gasteiger charge is -2.20. The highest BCUT2D eigenvalue weighted by Gasteiger charge is 2.16. The third-order valence-electron chi connectivity index (χ3n) is 4.92. The van der Waals surface area contributed by atoms with Gasteiger partial charge in [-0.1, -0.05) is 72.8 Å². The molecule has 0 bridgehead atoms. The number of hydrogen-bond donors (Lipinski definition) is 1. The molecular weight excluding hydrogens is 346 g/mol. The van der Waals surface area contributed by atoms with Gasteiger partial charge in [-0.3, -0.25) is 9.36 Å². The summed E-state index contributed by atoms with van der Waals surface area (Å²) < 4.78 is 1.79. The van der Waals surface area contributed by atoms with E-state index in [-0.39, 0.29) is 11.6 Å². The van der Waals surface area contributed by atoms with Crippen LogP contribution >= 0.6 is 0 Å². The van der Waals surface area contributed by atoms with Gasteiger partial charge in [0.2, 0.25) is 0 Å². The molecule has 0 saturated carbocycles. The first kappa shape index (κ1) is 18.1. The molecule has 3 aromatic carbocycles. The Balaban J connectivity index is 1.72. The monoisotopic (exact) mass is 369 g/mol. The van der Waals surface area contributed by atoms with Gasteiger partial charge in [0.1, 0.15) is 5.82 Å². The number of aromatic nitrogens is 2. The van der Waals surface area contributed by atoms with Crippen LogP contribution < -0.4 is 10.9 Å². The number of hydrogen-bond acceptors (Lipinski definition) is 3. The number of nitrogens with one attached hydrogen (secondary N) is 1. The molecular formula is C24H23N3O. The summed E-state index contributed by atoms with van der Waals surface area (Å²) in [5, 5.41) is 4.16. The average molecular weight is 369 g/mol. The Morgan fingerprint density at radius 2 is 1.46 bits per heavy atom. The van der Waals surface area contributed by atoms with Gasteiger partial charge in [-0.15, -0.1) is 0 Å². The number of nitrogens with zero attached hydrogens (tertiary/aromatic N) is 2. The lowest BCUT2D eigenvalue weighted by molar-refractivity contribution is 0.509. The second-order valence-electron chi connectivity index (χ2n) is 6.95. The van der Waals surface area contributed by atoms with Crippen LogP contribution in [0.1, 0.15) is 29.9 Å². The van der Waals surface area contributed by atoms with Crippen molar-refractivity contribution >= 4 is 10.9 Å². The molecule has 4 aromatic rings. The molecule has 140 valence electrons. The molecule has 0 saturated heterocycles. The fraction of sp³-hybridized carbons (Fsp3) is 0.167. The van der Waals surface area contributed by atoms with Gasteiger partial charge in [-0.05, 0) is 30.2 Å². The molecule has 4 rings (SSSR count). The van der Waals surface area contributed by atoms with Crippen molar-refractivity contribution in [1.29, 1.82) is 0 Å². The number of rotatable bonds is 6. The van der Waals surface area contributed by atoms with Crippen LogP contribution in [0.4, 0.5) is 0 Å². The van der Waals surface area contributed by atoms with Crippen molar-refractivity contribution in [3.05, 3.63) is 112 Å².